The maximum absolute atomic E-state index is 3.62. The second kappa shape index (κ2) is 8.37. The van der Waals surface area contributed by atoms with E-state index in [1.165, 1.54) is 25.1 Å². The molecule has 2 nitrogen and oxygen atoms in total. The van der Waals surface area contributed by atoms with Crippen molar-refractivity contribution in [3.05, 3.63) is 0 Å². The van der Waals surface area contributed by atoms with Crippen molar-refractivity contribution in [2.75, 3.05) is 32.1 Å². The largest absolute Gasteiger partial charge is 0.311 e. The predicted octanol–water partition coefficient (Wildman–Crippen LogP) is 2.84. The van der Waals surface area contributed by atoms with E-state index in [2.05, 4.69) is 51.2 Å². The molecule has 0 rings (SSSR count). The van der Waals surface area contributed by atoms with Crippen LogP contribution in [0, 0.1) is 0 Å². The molecule has 0 aromatic rings. The second-order valence-electron chi connectivity index (χ2n) is 5.55. The van der Waals surface area contributed by atoms with Crippen molar-refractivity contribution in [1.29, 1.82) is 0 Å². The molecule has 98 valence electrons. The summed E-state index contributed by atoms with van der Waals surface area (Å²) in [6.45, 7) is 11.3. The first-order valence-electron chi connectivity index (χ1n) is 6.35. The zero-order chi connectivity index (χ0) is 12.6. The molecule has 0 fully saturated rings. The van der Waals surface area contributed by atoms with Crippen molar-refractivity contribution in [3.63, 3.8) is 0 Å². The van der Waals surface area contributed by atoms with Crippen molar-refractivity contribution in [3.8, 4) is 0 Å². The molecule has 1 N–H and O–H groups in total. The summed E-state index contributed by atoms with van der Waals surface area (Å²) in [6.07, 6.45) is 4.73. The lowest BCUT2D eigenvalue weighted by molar-refractivity contribution is 0.220. The van der Waals surface area contributed by atoms with Crippen LogP contribution < -0.4 is 5.32 Å². The quantitative estimate of drug-likeness (QED) is 0.709. The first-order chi connectivity index (χ1) is 7.40. The number of nitrogens with one attached hydrogen (secondary N) is 1. The van der Waals surface area contributed by atoms with Crippen LogP contribution in [0.4, 0.5) is 0 Å². The van der Waals surface area contributed by atoms with E-state index in [0.717, 1.165) is 6.54 Å². The summed E-state index contributed by atoms with van der Waals surface area (Å²) in [5.74, 6) is 1.23. The van der Waals surface area contributed by atoms with Gasteiger partial charge in [0.15, 0.2) is 0 Å². The Balaban J connectivity index is 4.04. The third kappa shape index (κ3) is 8.43. The van der Waals surface area contributed by atoms with Crippen molar-refractivity contribution in [1.82, 2.24) is 10.2 Å². The Bertz CT molecular complexity index is 166. The average molecular weight is 246 g/mol. The SMILES string of the molecule is CCCC(CNC(C)(C)C)N(C)CCSC. The zero-order valence-corrected chi connectivity index (χ0v) is 12.8. The predicted molar refractivity (Wildman–Crippen MR) is 77.5 cm³/mol. The van der Waals surface area contributed by atoms with Crippen molar-refractivity contribution >= 4 is 11.8 Å². The summed E-state index contributed by atoms with van der Waals surface area (Å²) in [4.78, 5) is 2.50. The van der Waals surface area contributed by atoms with Gasteiger partial charge in [-0.3, -0.25) is 0 Å². The van der Waals surface area contributed by atoms with E-state index in [9.17, 15) is 0 Å². The summed E-state index contributed by atoms with van der Waals surface area (Å²) in [5, 5.41) is 3.62. The highest BCUT2D eigenvalue weighted by Crippen LogP contribution is 2.08. The number of hydrogen-bond acceptors (Lipinski definition) is 3. The number of rotatable bonds is 8. The van der Waals surface area contributed by atoms with Crippen LogP contribution in [0.5, 0.6) is 0 Å². The van der Waals surface area contributed by atoms with Gasteiger partial charge in [0.05, 0.1) is 0 Å². The van der Waals surface area contributed by atoms with Crippen molar-refractivity contribution in [2.24, 2.45) is 0 Å². The molecule has 3 heteroatoms. The van der Waals surface area contributed by atoms with Gasteiger partial charge in [-0.25, -0.2) is 0 Å². The molecule has 0 spiro atoms. The molecule has 0 aliphatic heterocycles. The van der Waals surface area contributed by atoms with Crippen LogP contribution in [0.3, 0.4) is 0 Å². The lowest BCUT2D eigenvalue weighted by Gasteiger charge is -2.31. The van der Waals surface area contributed by atoms with Crippen molar-refractivity contribution < 1.29 is 0 Å². The summed E-state index contributed by atoms with van der Waals surface area (Å²) in [6, 6.07) is 0.677. The first kappa shape index (κ1) is 16.3. The van der Waals surface area contributed by atoms with Gasteiger partial charge in [0, 0.05) is 30.4 Å². The van der Waals surface area contributed by atoms with Gasteiger partial charge < -0.3 is 10.2 Å². The van der Waals surface area contributed by atoms with E-state index in [1.807, 2.05) is 11.8 Å². The minimum absolute atomic E-state index is 0.229. The maximum atomic E-state index is 3.62. The number of likely N-dealkylation sites (N-methyl/N-ethyl adjacent to an activating group) is 1. The van der Waals surface area contributed by atoms with Gasteiger partial charge in [0.25, 0.3) is 0 Å². The molecule has 0 amide bonds. The van der Waals surface area contributed by atoms with E-state index in [0.29, 0.717) is 6.04 Å². The van der Waals surface area contributed by atoms with Crippen LogP contribution in [-0.2, 0) is 0 Å². The second-order valence-corrected chi connectivity index (χ2v) is 6.53. The topological polar surface area (TPSA) is 15.3 Å². The van der Waals surface area contributed by atoms with Gasteiger partial charge >= 0.3 is 0 Å². The minimum atomic E-state index is 0.229. The molecule has 16 heavy (non-hydrogen) atoms. The molecule has 0 saturated heterocycles. The smallest absolute Gasteiger partial charge is 0.0218 e. The minimum Gasteiger partial charge on any atom is -0.311 e. The highest BCUT2D eigenvalue weighted by atomic mass is 32.2. The standard InChI is InChI=1S/C13H30N2S/c1-7-8-12(11-14-13(2,3)4)15(5)9-10-16-6/h12,14H,7-11H2,1-6H3. The van der Waals surface area contributed by atoms with E-state index in [1.54, 1.807) is 0 Å². The number of thioether (sulfide) groups is 1. The Morgan fingerprint density at radius 3 is 2.38 bits per heavy atom. The fraction of sp³-hybridized carbons (Fsp3) is 1.00. The molecule has 1 unspecified atom stereocenters. The maximum Gasteiger partial charge on any atom is 0.0218 e. The summed E-state index contributed by atoms with van der Waals surface area (Å²) in [7, 11) is 2.25. The summed E-state index contributed by atoms with van der Waals surface area (Å²) < 4.78 is 0. The molecule has 0 saturated carbocycles. The van der Waals surface area contributed by atoms with Gasteiger partial charge in [0.2, 0.25) is 0 Å². The monoisotopic (exact) mass is 246 g/mol. The van der Waals surface area contributed by atoms with Crippen LogP contribution >= 0.6 is 11.8 Å². The number of nitrogens with zero attached hydrogens (tertiary/aromatic N) is 1. The van der Waals surface area contributed by atoms with Gasteiger partial charge in [-0.15, -0.1) is 0 Å². The van der Waals surface area contributed by atoms with Crippen LogP contribution in [0.25, 0.3) is 0 Å². The lowest BCUT2D eigenvalue weighted by Crippen LogP contribution is -2.46. The zero-order valence-electron chi connectivity index (χ0n) is 12.0. The Morgan fingerprint density at radius 1 is 1.31 bits per heavy atom. The van der Waals surface area contributed by atoms with Crippen molar-refractivity contribution in [2.45, 2.75) is 52.1 Å². The Kier molecular flexibility index (Phi) is 8.52. The molecule has 1 atom stereocenters. The van der Waals surface area contributed by atoms with Crippen LogP contribution in [-0.4, -0.2) is 48.6 Å². The average Bonchev–Trinajstić information content (AvgIpc) is 2.19. The molecule has 0 radical (unpaired) electrons. The molecular formula is C13H30N2S. The number of hydrogen-bond donors (Lipinski definition) is 1. The Hall–Kier alpha value is 0.270. The van der Waals surface area contributed by atoms with E-state index < -0.39 is 0 Å². The van der Waals surface area contributed by atoms with Crippen LogP contribution in [0.2, 0.25) is 0 Å². The highest BCUT2D eigenvalue weighted by molar-refractivity contribution is 7.98. The van der Waals surface area contributed by atoms with Gasteiger partial charge in [-0.2, -0.15) is 11.8 Å². The Morgan fingerprint density at radius 2 is 1.94 bits per heavy atom. The van der Waals surface area contributed by atoms with Gasteiger partial charge in [0.1, 0.15) is 0 Å². The Labute approximate surface area is 107 Å². The fourth-order valence-corrected chi connectivity index (χ4v) is 2.12. The molecule has 0 aliphatic rings. The van der Waals surface area contributed by atoms with E-state index >= 15 is 0 Å². The van der Waals surface area contributed by atoms with E-state index in [-0.39, 0.29) is 5.54 Å². The first-order valence-corrected chi connectivity index (χ1v) is 7.74. The molecule has 0 aromatic heterocycles. The summed E-state index contributed by atoms with van der Waals surface area (Å²) in [5.41, 5.74) is 0.229. The molecule has 0 bridgehead atoms. The highest BCUT2D eigenvalue weighted by Gasteiger charge is 2.16. The fourth-order valence-electron chi connectivity index (χ4n) is 1.65. The van der Waals surface area contributed by atoms with Gasteiger partial charge in [-0.1, -0.05) is 13.3 Å². The molecule has 0 aromatic carbocycles. The lowest BCUT2D eigenvalue weighted by atomic mass is 10.1. The normalized spacial score (nSPS) is 14.4. The third-order valence-electron chi connectivity index (χ3n) is 2.76. The van der Waals surface area contributed by atoms with Crippen LogP contribution in [0.1, 0.15) is 40.5 Å². The van der Waals surface area contributed by atoms with Crippen LogP contribution in [0.15, 0.2) is 0 Å². The summed E-state index contributed by atoms with van der Waals surface area (Å²) >= 11 is 1.93. The molecule has 0 aliphatic carbocycles. The molecule has 0 heterocycles. The molecular weight excluding hydrogens is 216 g/mol. The van der Waals surface area contributed by atoms with Gasteiger partial charge in [-0.05, 0) is 40.5 Å². The van der Waals surface area contributed by atoms with E-state index in [4.69, 9.17) is 0 Å². The third-order valence-corrected chi connectivity index (χ3v) is 3.35.